The number of likely N-dealkylation sites (N-methyl/N-ethyl adjacent to an activating group) is 1. The molecule has 1 rings (SSSR count). The molecule has 0 spiro atoms. The Morgan fingerprint density at radius 3 is 2.61 bits per heavy atom. The van der Waals surface area contributed by atoms with Crippen molar-refractivity contribution in [1.82, 2.24) is 5.32 Å². The second-order valence-corrected chi connectivity index (χ2v) is 5.15. The predicted octanol–water partition coefficient (Wildman–Crippen LogP) is 3.53. The van der Waals surface area contributed by atoms with Crippen LogP contribution in [0, 0.1) is 5.82 Å². The first-order chi connectivity index (χ1) is 8.62. The van der Waals surface area contributed by atoms with Gasteiger partial charge in [0.15, 0.2) is 0 Å². The molecule has 0 aliphatic carbocycles. The van der Waals surface area contributed by atoms with Crippen LogP contribution >= 0.6 is 15.9 Å². The summed E-state index contributed by atoms with van der Waals surface area (Å²) in [5.41, 5.74) is 0.718. The van der Waals surface area contributed by atoms with Crippen molar-refractivity contribution in [2.75, 3.05) is 13.7 Å². The van der Waals surface area contributed by atoms with Crippen LogP contribution in [0.4, 0.5) is 4.39 Å². The van der Waals surface area contributed by atoms with Crippen LogP contribution < -0.4 is 5.32 Å². The first kappa shape index (κ1) is 15.6. The van der Waals surface area contributed by atoms with Crippen molar-refractivity contribution in [3.63, 3.8) is 0 Å². The molecule has 0 heterocycles. The Bertz CT molecular complexity index is 373. The quantitative estimate of drug-likeness (QED) is 0.830. The van der Waals surface area contributed by atoms with Gasteiger partial charge in [-0.15, -0.1) is 0 Å². The van der Waals surface area contributed by atoms with E-state index >= 15 is 0 Å². The number of hydrogen-bond donors (Lipinski definition) is 1. The summed E-state index contributed by atoms with van der Waals surface area (Å²) in [5, 5.41) is 3.22. The molecule has 102 valence electrons. The lowest BCUT2D eigenvalue weighted by molar-refractivity contribution is 0.0337. The zero-order valence-corrected chi connectivity index (χ0v) is 12.8. The molecule has 2 atom stereocenters. The molecular weight excluding hydrogens is 297 g/mol. The average Bonchev–Trinajstić information content (AvgIpc) is 2.36. The summed E-state index contributed by atoms with van der Waals surface area (Å²) in [6, 6.07) is 5.32. The molecule has 1 aromatic carbocycles. The topological polar surface area (TPSA) is 21.3 Å². The SMILES string of the molecule is CCOC(CC)C(Cc1ccc(Br)cc1F)NC. The van der Waals surface area contributed by atoms with E-state index in [0.717, 1.165) is 16.5 Å². The smallest absolute Gasteiger partial charge is 0.127 e. The summed E-state index contributed by atoms with van der Waals surface area (Å²) in [6.45, 7) is 4.75. The molecule has 18 heavy (non-hydrogen) atoms. The Hall–Kier alpha value is -0.450. The van der Waals surface area contributed by atoms with Crippen molar-refractivity contribution in [2.24, 2.45) is 0 Å². The minimum atomic E-state index is -0.170. The first-order valence-electron chi connectivity index (χ1n) is 6.35. The Kier molecular flexibility index (Phi) is 6.82. The molecular formula is C14H21BrFNO. The van der Waals surface area contributed by atoms with E-state index in [1.165, 1.54) is 6.07 Å². The third-order valence-corrected chi connectivity index (χ3v) is 3.55. The second kappa shape index (κ2) is 7.87. The third kappa shape index (κ3) is 4.34. The van der Waals surface area contributed by atoms with Crippen molar-refractivity contribution in [1.29, 1.82) is 0 Å². The van der Waals surface area contributed by atoms with Crippen LogP contribution in [0.1, 0.15) is 25.8 Å². The van der Waals surface area contributed by atoms with Gasteiger partial charge >= 0.3 is 0 Å². The van der Waals surface area contributed by atoms with E-state index in [-0.39, 0.29) is 18.0 Å². The van der Waals surface area contributed by atoms with Gasteiger partial charge in [-0.2, -0.15) is 0 Å². The first-order valence-corrected chi connectivity index (χ1v) is 7.14. The fraction of sp³-hybridized carbons (Fsp3) is 0.571. The van der Waals surface area contributed by atoms with Crippen molar-refractivity contribution >= 4 is 15.9 Å². The van der Waals surface area contributed by atoms with Gasteiger partial charge in [-0.1, -0.05) is 28.9 Å². The van der Waals surface area contributed by atoms with Crippen molar-refractivity contribution in [2.45, 2.75) is 38.8 Å². The van der Waals surface area contributed by atoms with Crippen LogP contribution in [-0.4, -0.2) is 25.8 Å². The predicted molar refractivity (Wildman–Crippen MR) is 76.4 cm³/mol. The molecule has 1 N–H and O–H groups in total. The van der Waals surface area contributed by atoms with Crippen LogP contribution in [0.25, 0.3) is 0 Å². The van der Waals surface area contributed by atoms with Gasteiger partial charge in [0.05, 0.1) is 6.10 Å². The molecule has 0 aromatic heterocycles. The number of halogens is 2. The minimum absolute atomic E-state index is 0.114. The van der Waals surface area contributed by atoms with Crippen molar-refractivity contribution in [3.05, 3.63) is 34.1 Å². The summed E-state index contributed by atoms with van der Waals surface area (Å²) in [7, 11) is 1.89. The summed E-state index contributed by atoms with van der Waals surface area (Å²) in [4.78, 5) is 0. The molecule has 1 aromatic rings. The molecule has 0 bridgehead atoms. The lowest BCUT2D eigenvalue weighted by Gasteiger charge is -2.26. The highest BCUT2D eigenvalue weighted by molar-refractivity contribution is 9.10. The average molecular weight is 318 g/mol. The molecule has 0 aliphatic rings. The van der Waals surface area contributed by atoms with Gasteiger partial charge in [-0.25, -0.2) is 4.39 Å². The Labute approximate surface area is 117 Å². The second-order valence-electron chi connectivity index (χ2n) is 4.24. The molecule has 0 fully saturated rings. The van der Waals surface area contributed by atoms with E-state index in [4.69, 9.17) is 4.74 Å². The maximum Gasteiger partial charge on any atom is 0.127 e. The number of hydrogen-bond acceptors (Lipinski definition) is 2. The lowest BCUT2D eigenvalue weighted by atomic mass is 9.99. The zero-order valence-electron chi connectivity index (χ0n) is 11.2. The minimum Gasteiger partial charge on any atom is -0.377 e. The normalized spacial score (nSPS) is 14.5. The largest absolute Gasteiger partial charge is 0.377 e. The van der Waals surface area contributed by atoms with Crippen molar-refractivity contribution in [3.8, 4) is 0 Å². The van der Waals surface area contributed by atoms with Gasteiger partial charge in [-0.05, 0) is 44.5 Å². The van der Waals surface area contributed by atoms with Crippen LogP contribution in [0.2, 0.25) is 0 Å². The molecule has 2 nitrogen and oxygen atoms in total. The fourth-order valence-corrected chi connectivity index (χ4v) is 2.41. The highest BCUT2D eigenvalue weighted by Gasteiger charge is 2.20. The van der Waals surface area contributed by atoms with Crippen LogP contribution in [0.3, 0.4) is 0 Å². The summed E-state index contributed by atoms with van der Waals surface area (Å²) >= 11 is 3.27. The number of rotatable bonds is 7. The Morgan fingerprint density at radius 1 is 1.39 bits per heavy atom. The summed E-state index contributed by atoms with van der Waals surface area (Å²) in [6.07, 6.45) is 1.66. The molecule has 0 saturated carbocycles. The van der Waals surface area contributed by atoms with E-state index in [9.17, 15) is 4.39 Å². The van der Waals surface area contributed by atoms with E-state index < -0.39 is 0 Å². The van der Waals surface area contributed by atoms with Crippen molar-refractivity contribution < 1.29 is 9.13 Å². The van der Waals surface area contributed by atoms with Crippen LogP contribution in [0.5, 0.6) is 0 Å². The lowest BCUT2D eigenvalue weighted by Crippen LogP contribution is -2.41. The summed E-state index contributed by atoms with van der Waals surface area (Å²) in [5.74, 6) is -0.170. The van der Waals surface area contributed by atoms with Crippen LogP contribution in [0.15, 0.2) is 22.7 Å². The third-order valence-electron chi connectivity index (χ3n) is 3.06. The molecule has 4 heteroatoms. The van der Waals surface area contributed by atoms with Gasteiger partial charge in [0.2, 0.25) is 0 Å². The summed E-state index contributed by atoms with van der Waals surface area (Å²) < 4.78 is 20.3. The number of ether oxygens (including phenoxy) is 1. The highest BCUT2D eigenvalue weighted by Crippen LogP contribution is 2.18. The van der Waals surface area contributed by atoms with E-state index in [2.05, 4.69) is 28.2 Å². The Balaban J connectivity index is 2.78. The maximum atomic E-state index is 13.8. The molecule has 0 saturated heterocycles. The van der Waals surface area contributed by atoms with Crippen LogP contribution in [-0.2, 0) is 11.2 Å². The Morgan fingerprint density at radius 2 is 2.11 bits per heavy atom. The fourth-order valence-electron chi connectivity index (χ4n) is 2.08. The highest BCUT2D eigenvalue weighted by atomic mass is 79.9. The maximum absolute atomic E-state index is 13.8. The number of nitrogens with one attached hydrogen (secondary N) is 1. The van der Waals surface area contributed by atoms with Gasteiger partial charge in [-0.3, -0.25) is 0 Å². The zero-order chi connectivity index (χ0) is 13.5. The molecule has 0 aliphatic heterocycles. The molecule has 0 amide bonds. The van der Waals surface area contributed by atoms with Gasteiger partial charge in [0, 0.05) is 17.1 Å². The van der Waals surface area contributed by atoms with Gasteiger partial charge in [0.25, 0.3) is 0 Å². The van der Waals surface area contributed by atoms with E-state index in [1.807, 2.05) is 26.1 Å². The van der Waals surface area contributed by atoms with Gasteiger partial charge < -0.3 is 10.1 Å². The van der Waals surface area contributed by atoms with E-state index in [0.29, 0.717) is 13.0 Å². The van der Waals surface area contributed by atoms with E-state index in [1.54, 1.807) is 0 Å². The molecule has 0 radical (unpaired) electrons. The monoisotopic (exact) mass is 317 g/mol. The standard InChI is InChI=1S/C14H21BrFNO/c1-4-14(18-5-2)13(17-3)8-10-6-7-11(15)9-12(10)16/h6-7,9,13-14,17H,4-5,8H2,1-3H3. The molecule has 2 unspecified atom stereocenters. The number of benzene rings is 1. The van der Waals surface area contributed by atoms with Gasteiger partial charge in [0.1, 0.15) is 5.82 Å².